The summed E-state index contributed by atoms with van der Waals surface area (Å²) in [6, 6.07) is 7.59. The van der Waals surface area contributed by atoms with Gasteiger partial charge in [0.1, 0.15) is 11.9 Å². The molecule has 1 heterocycles. The van der Waals surface area contributed by atoms with E-state index in [0.717, 1.165) is 5.56 Å². The molecule has 3 rings (SSSR count). The number of anilines is 1. The van der Waals surface area contributed by atoms with Crippen molar-refractivity contribution < 1.29 is 19.2 Å². The molecule has 0 atom stereocenters. The van der Waals surface area contributed by atoms with Crippen LogP contribution in [0.5, 0.6) is 11.5 Å². The highest BCUT2D eigenvalue weighted by molar-refractivity contribution is 6.07. The van der Waals surface area contributed by atoms with Gasteiger partial charge in [-0.25, -0.2) is 4.68 Å². The number of nitrogens with zero attached hydrogens (tertiary/aromatic N) is 5. The van der Waals surface area contributed by atoms with Crippen LogP contribution in [0.3, 0.4) is 0 Å². The van der Waals surface area contributed by atoms with Gasteiger partial charge in [-0.2, -0.15) is 0 Å². The molecule has 0 unspecified atom stereocenters. The summed E-state index contributed by atoms with van der Waals surface area (Å²) in [5, 5.41) is 25.2. The van der Waals surface area contributed by atoms with Gasteiger partial charge in [0, 0.05) is 11.8 Å². The minimum absolute atomic E-state index is 0.153. The van der Waals surface area contributed by atoms with E-state index in [1.165, 1.54) is 30.3 Å². The van der Waals surface area contributed by atoms with Gasteiger partial charge in [0.2, 0.25) is 0 Å². The van der Waals surface area contributed by atoms with E-state index in [-0.39, 0.29) is 22.7 Å². The van der Waals surface area contributed by atoms with Gasteiger partial charge in [0.25, 0.3) is 11.6 Å². The first-order valence-corrected chi connectivity index (χ1v) is 8.59. The number of nitrogens with one attached hydrogen (secondary N) is 1. The molecule has 0 fully saturated rings. The van der Waals surface area contributed by atoms with Crippen LogP contribution in [0.1, 0.15) is 22.8 Å². The summed E-state index contributed by atoms with van der Waals surface area (Å²) in [5.41, 5.74) is 1.42. The molecule has 2 aromatic carbocycles. The summed E-state index contributed by atoms with van der Waals surface area (Å²) >= 11 is 0. The van der Waals surface area contributed by atoms with Crippen molar-refractivity contribution in [3.63, 3.8) is 0 Å². The number of methoxy groups -OCH3 is 1. The molecule has 150 valence electrons. The lowest BCUT2D eigenvalue weighted by Gasteiger charge is -2.13. The molecule has 3 aromatic rings. The molecule has 0 bridgehead atoms. The lowest BCUT2D eigenvalue weighted by molar-refractivity contribution is -0.385. The second-order valence-electron chi connectivity index (χ2n) is 5.92. The lowest BCUT2D eigenvalue weighted by Crippen LogP contribution is -2.15. The van der Waals surface area contributed by atoms with Gasteiger partial charge in [-0.3, -0.25) is 14.9 Å². The quantitative estimate of drug-likeness (QED) is 0.474. The Kier molecular flexibility index (Phi) is 5.67. The van der Waals surface area contributed by atoms with E-state index in [9.17, 15) is 14.9 Å². The highest BCUT2D eigenvalue weighted by Gasteiger charge is 2.25. The molecule has 1 aromatic heterocycles. The SMILES string of the molecule is CCOc1cc([N+](=O)[O-])c(C(=O)Nc2ccc(C)c(-n3cnnn3)c2)cc1OC. The third kappa shape index (κ3) is 4.13. The molecule has 0 saturated heterocycles. The molecule has 1 amide bonds. The van der Waals surface area contributed by atoms with Gasteiger partial charge in [0.05, 0.1) is 30.4 Å². The summed E-state index contributed by atoms with van der Waals surface area (Å²) in [4.78, 5) is 23.7. The standard InChI is InChI=1S/C18H18N6O5/c1-4-29-17-9-15(24(26)27)13(8-16(17)28-3)18(25)20-12-6-5-11(2)14(7-12)23-10-19-21-22-23/h5-10H,4H2,1-3H3,(H,20,25). The highest BCUT2D eigenvalue weighted by Crippen LogP contribution is 2.35. The normalized spacial score (nSPS) is 10.4. The number of ether oxygens (including phenoxy) is 2. The number of amides is 1. The Balaban J connectivity index is 1.97. The van der Waals surface area contributed by atoms with Crippen molar-refractivity contribution >= 4 is 17.3 Å². The minimum atomic E-state index is -0.662. The number of hydrogen-bond donors (Lipinski definition) is 1. The van der Waals surface area contributed by atoms with Crippen LogP contribution in [0, 0.1) is 17.0 Å². The summed E-state index contributed by atoms with van der Waals surface area (Å²) in [5.74, 6) is -0.250. The Hall–Kier alpha value is -4.02. The Morgan fingerprint density at radius 1 is 1.28 bits per heavy atom. The largest absolute Gasteiger partial charge is 0.493 e. The fraction of sp³-hybridized carbons (Fsp3) is 0.222. The van der Waals surface area contributed by atoms with E-state index in [1.54, 1.807) is 25.1 Å². The van der Waals surface area contributed by atoms with Crippen LogP contribution in [-0.4, -0.2) is 44.8 Å². The maximum absolute atomic E-state index is 12.8. The molecule has 1 N–H and O–H groups in total. The van der Waals surface area contributed by atoms with Crippen LogP contribution in [0.25, 0.3) is 5.69 Å². The number of carbonyl (C=O) groups excluding carboxylic acids is 1. The molecule has 29 heavy (non-hydrogen) atoms. The zero-order chi connectivity index (χ0) is 21.0. The number of carbonyl (C=O) groups is 1. The molecule has 0 aliphatic heterocycles. The van der Waals surface area contributed by atoms with Crippen molar-refractivity contribution in [2.24, 2.45) is 0 Å². The van der Waals surface area contributed by atoms with E-state index in [1.807, 2.05) is 6.92 Å². The summed E-state index contributed by atoms with van der Waals surface area (Å²) in [7, 11) is 1.39. The molecule has 0 spiro atoms. The number of aromatic nitrogens is 4. The molecule has 0 saturated carbocycles. The topological polar surface area (TPSA) is 134 Å². The number of nitro groups is 1. The van der Waals surface area contributed by atoms with Gasteiger partial charge >= 0.3 is 0 Å². The molecular formula is C18H18N6O5. The Morgan fingerprint density at radius 3 is 2.69 bits per heavy atom. The second-order valence-corrected chi connectivity index (χ2v) is 5.92. The predicted molar refractivity (Wildman–Crippen MR) is 103 cm³/mol. The number of tetrazole rings is 1. The van der Waals surface area contributed by atoms with Crippen molar-refractivity contribution in [1.82, 2.24) is 20.2 Å². The third-order valence-corrected chi connectivity index (χ3v) is 4.09. The number of rotatable bonds is 7. The average Bonchev–Trinajstić information content (AvgIpc) is 3.23. The number of benzene rings is 2. The maximum Gasteiger partial charge on any atom is 0.286 e. The van der Waals surface area contributed by atoms with Crippen LogP contribution >= 0.6 is 0 Å². The van der Waals surface area contributed by atoms with Crippen LogP contribution in [0.15, 0.2) is 36.7 Å². The minimum Gasteiger partial charge on any atom is -0.493 e. The van der Waals surface area contributed by atoms with Gasteiger partial charge in [0.15, 0.2) is 11.5 Å². The van der Waals surface area contributed by atoms with E-state index in [0.29, 0.717) is 18.0 Å². The smallest absolute Gasteiger partial charge is 0.286 e. The Bertz CT molecular complexity index is 1050. The zero-order valence-corrected chi connectivity index (χ0v) is 15.9. The first-order chi connectivity index (χ1) is 13.9. The summed E-state index contributed by atoms with van der Waals surface area (Å²) < 4.78 is 12.0. The first-order valence-electron chi connectivity index (χ1n) is 8.59. The van der Waals surface area contributed by atoms with Gasteiger partial charge in [-0.1, -0.05) is 6.07 Å². The van der Waals surface area contributed by atoms with Crippen LogP contribution < -0.4 is 14.8 Å². The van der Waals surface area contributed by atoms with E-state index < -0.39 is 10.8 Å². The Labute approximate surface area is 165 Å². The lowest BCUT2D eigenvalue weighted by atomic mass is 10.1. The number of hydrogen-bond acceptors (Lipinski definition) is 8. The van der Waals surface area contributed by atoms with Crippen molar-refractivity contribution in [2.75, 3.05) is 19.0 Å². The van der Waals surface area contributed by atoms with Crippen molar-refractivity contribution in [3.8, 4) is 17.2 Å². The molecule has 11 nitrogen and oxygen atoms in total. The van der Waals surface area contributed by atoms with E-state index in [2.05, 4.69) is 20.8 Å². The average molecular weight is 398 g/mol. The highest BCUT2D eigenvalue weighted by atomic mass is 16.6. The first kappa shape index (κ1) is 19.7. The Morgan fingerprint density at radius 2 is 2.07 bits per heavy atom. The fourth-order valence-electron chi connectivity index (χ4n) is 2.71. The third-order valence-electron chi connectivity index (χ3n) is 4.09. The van der Waals surface area contributed by atoms with Crippen molar-refractivity contribution in [2.45, 2.75) is 13.8 Å². The summed E-state index contributed by atoms with van der Waals surface area (Å²) in [6.45, 7) is 3.90. The van der Waals surface area contributed by atoms with Crippen LogP contribution in [-0.2, 0) is 0 Å². The van der Waals surface area contributed by atoms with Gasteiger partial charge in [-0.15, -0.1) is 5.10 Å². The molecule has 11 heteroatoms. The van der Waals surface area contributed by atoms with Crippen molar-refractivity contribution in [3.05, 3.63) is 57.9 Å². The molecule has 0 aliphatic carbocycles. The molecular weight excluding hydrogens is 380 g/mol. The second kappa shape index (κ2) is 8.33. The zero-order valence-electron chi connectivity index (χ0n) is 15.9. The molecule has 0 radical (unpaired) electrons. The number of nitro benzene ring substituents is 1. The predicted octanol–water partition coefficient (Wildman–Crippen LogP) is 2.54. The number of aryl methyl sites for hydroxylation is 1. The molecule has 0 aliphatic rings. The van der Waals surface area contributed by atoms with E-state index >= 15 is 0 Å². The van der Waals surface area contributed by atoms with Gasteiger partial charge in [-0.05, 0) is 42.0 Å². The van der Waals surface area contributed by atoms with E-state index in [4.69, 9.17) is 9.47 Å². The van der Waals surface area contributed by atoms with Crippen LogP contribution in [0.2, 0.25) is 0 Å². The van der Waals surface area contributed by atoms with Crippen molar-refractivity contribution in [1.29, 1.82) is 0 Å². The van der Waals surface area contributed by atoms with Gasteiger partial charge < -0.3 is 14.8 Å². The maximum atomic E-state index is 12.8. The van der Waals surface area contributed by atoms with Crippen LogP contribution in [0.4, 0.5) is 11.4 Å². The monoisotopic (exact) mass is 398 g/mol. The fourth-order valence-corrected chi connectivity index (χ4v) is 2.71. The summed E-state index contributed by atoms with van der Waals surface area (Å²) in [6.07, 6.45) is 1.43.